The van der Waals surface area contributed by atoms with Crippen molar-refractivity contribution in [3.8, 4) is 11.5 Å². The number of pyridine rings is 1. The van der Waals surface area contributed by atoms with Crippen molar-refractivity contribution in [2.24, 2.45) is 16.5 Å². The molecular formula is C19H15ClF3N5O. The van der Waals surface area contributed by atoms with E-state index in [0.717, 1.165) is 12.1 Å². The molecule has 0 saturated carbocycles. The number of ether oxygens (including phenoxy) is 1. The molecule has 150 valence electrons. The SMILES string of the molecule is NC(N)=Nc1ccc(Nc2cccc(Oc3ccc(Cl)c(C(F)(F)F)c3)c2)cn1. The Bertz CT molecular complexity index is 1030. The average Bonchev–Trinajstić information content (AvgIpc) is 2.64. The summed E-state index contributed by atoms with van der Waals surface area (Å²) in [6.45, 7) is 0. The maximum atomic E-state index is 13.0. The summed E-state index contributed by atoms with van der Waals surface area (Å²) in [6.07, 6.45) is -3.04. The zero-order valence-corrected chi connectivity index (χ0v) is 15.5. The van der Waals surface area contributed by atoms with E-state index < -0.39 is 16.8 Å². The van der Waals surface area contributed by atoms with Crippen LogP contribution in [0.4, 0.5) is 30.4 Å². The van der Waals surface area contributed by atoms with Crippen LogP contribution in [0.15, 0.2) is 65.8 Å². The predicted octanol–water partition coefficient (Wildman–Crippen LogP) is 5.19. The number of alkyl halides is 3. The molecule has 3 rings (SSSR count). The fraction of sp³-hybridized carbons (Fsp3) is 0.0526. The Morgan fingerprint density at radius 1 is 1.00 bits per heavy atom. The van der Waals surface area contributed by atoms with Crippen LogP contribution in [0.1, 0.15) is 5.56 Å². The summed E-state index contributed by atoms with van der Waals surface area (Å²) in [5.41, 5.74) is 10.9. The summed E-state index contributed by atoms with van der Waals surface area (Å²) >= 11 is 5.62. The van der Waals surface area contributed by atoms with Crippen LogP contribution in [-0.2, 0) is 6.18 Å². The molecule has 0 fully saturated rings. The quantitative estimate of drug-likeness (QED) is 0.388. The molecule has 3 aromatic rings. The molecule has 5 N–H and O–H groups in total. The van der Waals surface area contributed by atoms with Crippen molar-refractivity contribution in [2.75, 3.05) is 5.32 Å². The van der Waals surface area contributed by atoms with Crippen LogP contribution in [0.25, 0.3) is 0 Å². The van der Waals surface area contributed by atoms with Gasteiger partial charge in [0.2, 0.25) is 0 Å². The van der Waals surface area contributed by atoms with Crippen molar-refractivity contribution in [3.05, 3.63) is 71.4 Å². The fourth-order valence-corrected chi connectivity index (χ4v) is 2.61. The number of guanidine groups is 1. The number of nitrogens with two attached hydrogens (primary N) is 2. The molecule has 0 radical (unpaired) electrons. The van der Waals surface area contributed by atoms with Crippen LogP contribution in [-0.4, -0.2) is 10.9 Å². The number of halogens is 4. The lowest BCUT2D eigenvalue weighted by atomic mass is 10.2. The molecule has 1 heterocycles. The third kappa shape index (κ3) is 5.52. The molecule has 0 aliphatic rings. The van der Waals surface area contributed by atoms with Gasteiger partial charge in [0, 0.05) is 11.8 Å². The van der Waals surface area contributed by atoms with E-state index in [-0.39, 0.29) is 11.7 Å². The van der Waals surface area contributed by atoms with Crippen LogP contribution >= 0.6 is 11.6 Å². The minimum Gasteiger partial charge on any atom is -0.457 e. The first-order chi connectivity index (χ1) is 13.7. The number of anilines is 2. The van der Waals surface area contributed by atoms with Crippen LogP contribution in [0.5, 0.6) is 11.5 Å². The Morgan fingerprint density at radius 2 is 1.76 bits per heavy atom. The number of nitrogens with one attached hydrogen (secondary N) is 1. The number of hydrogen-bond donors (Lipinski definition) is 3. The first-order valence-corrected chi connectivity index (χ1v) is 8.56. The summed E-state index contributed by atoms with van der Waals surface area (Å²) in [4.78, 5) is 7.91. The van der Waals surface area contributed by atoms with Crippen molar-refractivity contribution in [3.63, 3.8) is 0 Å². The minimum atomic E-state index is -4.57. The van der Waals surface area contributed by atoms with Gasteiger partial charge in [0.1, 0.15) is 11.5 Å². The molecule has 0 amide bonds. The summed E-state index contributed by atoms with van der Waals surface area (Å²) in [5, 5.41) is 2.71. The standard InChI is InChI=1S/C19H15ClF3N5O/c20-16-6-5-14(9-15(16)19(21,22)23)29-13-3-1-2-11(8-13)27-12-4-7-17(26-10-12)28-18(24)25/h1-10,27H,(H4,24,25,26,28). The van der Waals surface area contributed by atoms with Crippen molar-refractivity contribution in [2.45, 2.75) is 6.18 Å². The molecule has 2 aromatic carbocycles. The first-order valence-electron chi connectivity index (χ1n) is 8.18. The van der Waals surface area contributed by atoms with Crippen molar-refractivity contribution < 1.29 is 17.9 Å². The van der Waals surface area contributed by atoms with E-state index in [4.69, 9.17) is 27.8 Å². The van der Waals surface area contributed by atoms with Crippen molar-refractivity contribution in [1.82, 2.24) is 4.98 Å². The monoisotopic (exact) mass is 421 g/mol. The smallest absolute Gasteiger partial charge is 0.417 e. The van der Waals surface area contributed by atoms with E-state index >= 15 is 0 Å². The minimum absolute atomic E-state index is 0.0159. The molecular weight excluding hydrogens is 407 g/mol. The molecule has 1 aromatic heterocycles. The Kier molecular flexibility index (Phi) is 5.79. The van der Waals surface area contributed by atoms with Gasteiger partial charge in [-0.1, -0.05) is 17.7 Å². The zero-order valence-electron chi connectivity index (χ0n) is 14.7. The normalized spacial score (nSPS) is 11.0. The number of aliphatic imine (C=N–C) groups is 1. The second-order valence-electron chi connectivity index (χ2n) is 5.84. The van der Waals surface area contributed by atoms with Crippen LogP contribution < -0.4 is 21.5 Å². The molecule has 0 atom stereocenters. The van der Waals surface area contributed by atoms with E-state index in [0.29, 0.717) is 22.9 Å². The van der Waals surface area contributed by atoms with Crippen molar-refractivity contribution in [1.29, 1.82) is 0 Å². The predicted molar refractivity (Wildman–Crippen MR) is 106 cm³/mol. The van der Waals surface area contributed by atoms with Gasteiger partial charge in [0.05, 0.1) is 22.5 Å². The van der Waals surface area contributed by atoms with Crippen molar-refractivity contribution >= 4 is 34.8 Å². The van der Waals surface area contributed by atoms with Gasteiger partial charge in [-0.25, -0.2) is 4.98 Å². The van der Waals surface area contributed by atoms with Crippen LogP contribution in [0.3, 0.4) is 0 Å². The third-order valence-electron chi connectivity index (χ3n) is 3.59. The van der Waals surface area contributed by atoms with Gasteiger partial charge in [-0.3, -0.25) is 0 Å². The number of benzene rings is 2. The molecule has 0 bridgehead atoms. The molecule has 0 saturated heterocycles. The molecule has 29 heavy (non-hydrogen) atoms. The Labute approximate surface area is 169 Å². The van der Waals surface area contributed by atoms with Gasteiger partial charge >= 0.3 is 6.18 Å². The third-order valence-corrected chi connectivity index (χ3v) is 3.92. The average molecular weight is 422 g/mol. The van der Waals surface area contributed by atoms with E-state index in [1.807, 2.05) is 0 Å². The Morgan fingerprint density at radius 3 is 2.41 bits per heavy atom. The molecule has 6 nitrogen and oxygen atoms in total. The highest BCUT2D eigenvalue weighted by molar-refractivity contribution is 6.31. The lowest BCUT2D eigenvalue weighted by Crippen LogP contribution is -2.22. The molecule has 0 aliphatic carbocycles. The molecule has 0 aliphatic heterocycles. The van der Waals surface area contributed by atoms with Gasteiger partial charge in [-0.05, 0) is 42.5 Å². The summed E-state index contributed by atoms with van der Waals surface area (Å²) in [5.74, 6) is 0.618. The van der Waals surface area contributed by atoms with Gasteiger partial charge in [0.25, 0.3) is 0 Å². The van der Waals surface area contributed by atoms with Gasteiger partial charge < -0.3 is 21.5 Å². The van der Waals surface area contributed by atoms with E-state index in [1.165, 1.54) is 12.3 Å². The maximum Gasteiger partial charge on any atom is 0.417 e. The number of aromatic nitrogens is 1. The lowest BCUT2D eigenvalue weighted by Gasteiger charge is -2.13. The second kappa shape index (κ2) is 8.27. The Balaban J connectivity index is 1.76. The number of hydrogen-bond acceptors (Lipinski definition) is 4. The van der Waals surface area contributed by atoms with Gasteiger partial charge in [-0.2, -0.15) is 18.2 Å². The fourth-order valence-electron chi connectivity index (χ4n) is 2.38. The van der Waals surface area contributed by atoms with Gasteiger partial charge in [0.15, 0.2) is 11.8 Å². The number of nitrogens with zero attached hydrogens (tertiary/aromatic N) is 2. The highest BCUT2D eigenvalue weighted by Gasteiger charge is 2.33. The molecule has 0 unspecified atom stereocenters. The second-order valence-corrected chi connectivity index (χ2v) is 6.24. The van der Waals surface area contributed by atoms with E-state index in [1.54, 1.807) is 36.4 Å². The number of rotatable bonds is 5. The zero-order chi connectivity index (χ0) is 21.0. The van der Waals surface area contributed by atoms with Crippen LogP contribution in [0, 0.1) is 0 Å². The van der Waals surface area contributed by atoms with Gasteiger partial charge in [-0.15, -0.1) is 0 Å². The lowest BCUT2D eigenvalue weighted by molar-refractivity contribution is -0.137. The largest absolute Gasteiger partial charge is 0.457 e. The van der Waals surface area contributed by atoms with E-state index in [9.17, 15) is 13.2 Å². The summed E-state index contributed by atoms with van der Waals surface area (Å²) in [7, 11) is 0. The van der Waals surface area contributed by atoms with E-state index in [2.05, 4.69) is 15.3 Å². The molecule has 0 spiro atoms. The first kappa shape index (κ1) is 20.3. The Hall–Kier alpha value is -3.46. The topological polar surface area (TPSA) is 98.6 Å². The van der Waals surface area contributed by atoms with Crippen LogP contribution in [0.2, 0.25) is 5.02 Å². The highest BCUT2D eigenvalue weighted by atomic mass is 35.5. The maximum absolute atomic E-state index is 13.0. The highest BCUT2D eigenvalue weighted by Crippen LogP contribution is 2.38. The molecule has 10 heteroatoms. The summed E-state index contributed by atoms with van der Waals surface area (Å²) in [6, 6.07) is 13.4. The summed E-state index contributed by atoms with van der Waals surface area (Å²) < 4.78 is 44.5.